The molecule has 0 radical (unpaired) electrons. The fourth-order valence-electron chi connectivity index (χ4n) is 1.70. The van der Waals surface area contributed by atoms with Gasteiger partial charge in [-0.2, -0.15) is 0 Å². The van der Waals surface area contributed by atoms with E-state index >= 15 is 0 Å². The zero-order valence-corrected chi connectivity index (χ0v) is 11.1. The Kier molecular flexibility index (Phi) is 4.60. The van der Waals surface area contributed by atoms with Gasteiger partial charge in [0.15, 0.2) is 0 Å². The van der Waals surface area contributed by atoms with E-state index in [1.807, 2.05) is 19.9 Å². The third-order valence-corrected chi connectivity index (χ3v) is 2.43. The monoisotopic (exact) mass is 242 g/mol. The summed E-state index contributed by atoms with van der Waals surface area (Å²) in [7, 11) is 0. The minimum absolute atomic E-state index is 0.180. The van der Waals surface area contributed by atoms with Crippen LogP contribution in [0.5, 0.6) is 0 Å². The van der Waals surface area contributed by atoms with Crippen LogP contribution >= 0.6 is 0 Å². The average molecular weight is 242 g/mol. The predicted octanol–water partition coefficient (Wildman–Crippen LogP) is 3.32. The van der Waals surface area contributed by atoms with E-state index in [-0.39, 0.29) is 5.91 Å². The fraction of sp³-hybridized carbons (Fsp3) is 0.200. The molecule has 0 spiro atoms. The second-order valence-electron chi connectivity index (χ2n) is 4.14. The number of hydrogen-bond acceptors (Lipinski definition) is 2. The van der Waals surface area contributed by atoms with Gasteiger partial charge < -0.3 is 5.32 Å². The molecule has 0 aliphatic carbocycles. The number of allylic oxidation sites excluding steroid dienone is 4. The molecule has 1 rings (SSSR count). The van der Waals surface area contributed by atoms with E-state index in [2.05, 4.69) is 23.5 Å². The first-order valence-corrected chi connectivity index (χ1v) is 5.70. The smallest absolute Gasteiger partial charge is 0.256 e. The maximum atomic E-state index is 12.1. The normalized spacial score (nSPS) is 10.9. The van der Waals surface area contributed by atoms with E-state index in [4.69, 9.17) is 0 Å². The van der Waals surface area contributed by atoms with Gasteiger partial charge in [-0.1, -0.05) is 24.8 Å². The summed E-state index contributed by atoms with van der Waals surface area (Å²) in [5.74, 6) is -0.180. The number of aromatic nitrogens is 1. The molecule has 0 aliphatic rings. The lowest BCUT2D eigenvalue weighted by atomic mass is 9.96. The van der Waals surface area contributed by atoms with Gasteiger partial charge in [0.05, 0.1) is 5.56 Å². The van der Waals surface area contributed by atoms with Crippen molar-refractivity contribution in [3.8, 4) is 0 Å². The lowest BCUT2D eigenvalue weighted by Gasteiger charge is -2.12. The molecule has 1 amide bonds. The highest BCUT2D eigenvalue weighted by Gasteiger charge is 2.14. The molecule has 18 heavy (non-hydrogen) atoms. The van der Waals surface area contributed by atoms with Crippen LogP contribution < -0.4 is 5.32 Å². The first-order valence-electron chi connectivity index (χ1n) is 5.70. The molecule has 94 valence electrons. The number of nitrogens with zero attached hydrogens (tertiary/aromatic N) is 1. The van der Waals surface area contributed by atoms with Gasteiger partial charge >= 0.3 is 0 Å². The average Bonchev–Trinajstić information content (AvgIpc) is 2.29. The largest absolute Gasteiger partial charge is 0.327 e. The van der Waals surface area contributed by atoms with E-state index in [1.54, 1.807) is 25.4 Å². The van der Waals surface area contributed by atoms with E-state index in [0.717, 1.165) is 16.7 Å². The van der Waals surface area contributed by atoms with E-state index < -0.39 is 0 Å². The van der Waals surface area contributed by atoms with E-state index in [0.29, 0.717) is 11.3 Å². The molecule has 1 aromatic heterocycles. The molecule has 0 aromatic carbocycles. The highest BCUT2D eigenvalue weighted by molar-refractivity contribution is 6.01. The third-order valence-electron chi connectivity index (χ3n) is 2.43. The summed E-state index contributed by atoms with van der Waals surface area (Å²) in [6, 6.07) is 1.69. The zero-order valence-electron chi connectivity index (χ0n) is 11.1. The second kappa shape index (κ2) is 5.96. The molecule has 1 aromatic rings. The summed E-state index contributed by atoms with van der Waals surface area (Å²) in [5, 5.41) is 2.70. The highest BCUT2D eigenvalue weighted by atomic mass is 16.1. The number of hydrogen-bond donors (Lipinski definition) is 1. The van der Waals surface area contributed by atoms with Gasteiger partial charge in [-0.3, -0.25) is 9.78 Å². The van der Waals surface area contributed by atoms with Crippen LogP contribution in [0.25, 0.3) is 5.57 Å². The molecule has 1 N–H and O–H groups in total. The van der Waals surface area contributed by atoms with Gasteiger partial charge in [-0.05, 0) is 32.4 Å². The van der Waals surface area contributed by atoms with Crippen molar-refractivity contribution < 1.29 is 4.79 Å². The van der Waals surface area contributed by atoms with Crippen LogP contribution in [-0.2, 0) is 0 Å². The zero-order chi connectivity index (χ0) is 13.7. The van der Waals surface area contributed by atoms with Gasteiger partial charge in [-0.15, -0.1) is 0 Å². The van der Waals surface area contributed by atoms with Crippen molar-refractivity contribution in [1.29, 1.82) is 0 Å². The Morgan fingerprint density at radius 3 is 2.50 bits per heavy atom. The first-order chi connectivity index (χ1) is 8.47. The number of rotatable bonds is 4. The van der Waals surface area contributed by atoms with Crippen LogP contribution in [0.3, 0.4) is 0 Å². The standard InChI is InChI=1S/C15H18N2O/c1-6-12(10(2)3)14-9-16-8-7-13(14)15(18)17-11(4)5/h6-9H,2,4H2,1,3,5H3,(H,17,18)/b12-6+. The number of pyridine rings is 1. The molecule has 0 unspecified atom stereocenters. The van der Waals surface area contributed by atoms with Gasteiger partial charge in [0.1, 0.15) is 0 Å². The molecule has 0 aliphatic heterocycles. The van der Waals surface area contributed by atoms with Gasteiger partial charge in [0, 0.05) is 23.7 Å². The van der Waals surface area contributed by atoms with E-state index in [1.165, 1.54) is 0 Å². The Bertz CT molecular complexity index is 527. The second-order valence-corrected chi connectivity index (χ2v) is 4.14. The topological polar surface area (TPSA) is 42.0 Å². The Balaban J connectivity index is 3.26. The number of nitrogens with one attached hydrogen (secondary N) is 1. The Morgan fingerprint density at radius 2 is 2.00 bits per heavy atom. The number of amides is 1. The van der Waals surface area contributed by atoms with Crippen molar-refractivity contribution >= 4 is 11.5 Å². The number of carbonyl (C=O) groups is 1. The van der Waals surface area contributed by atoms with Crippen molar-refractivity contribution in [1.82, 2.24) is 10.3 Å². The molecule has 0 saturated carbocycles. The van der Waals surface area contributed by atoms with Crippen molar-refractivity contribution in [2.45, 2.75) is 20.8 Å². The molecule has 0 saturated heterocycles. The highest BCUT2D eigenvalue weighted by Crippen LogP contribution is 2.24. The summed E-state index contributed by atoms with van der Waals surface area (Å²) in [4.78, 5) is 16.1. The molecule has 1 heterocycles. The molecule has 0 bridgehead atoms. The van der Waals surface area contributed by atoms with Gasteiger partial charge in [0.25, 0.3) is 5.91 Å². The maximum absolute atomic E-state index is 12.1. The molecule has 0 fully saturated rings. The van der Waals surface area contributed by atoms with Crippen LogP contribution in [0.1, 0.15) is 36.7 Å². The molecule has 3 heteroatoms. The lowest BCUT2D eigenvalue weighted by Crippen LogP contribution is -2.22. The summed E-state index contributed by atoms with van der Waals surface area (Å²) >= 11 is 0. The molecule has 0 atom stereocenters. The molecule has 3 nitrogen and oxygen atoms in total. The first kappa shape index (κ1) is 13.9. The van der Waals surface area contributed by atoms with Gasteiger partial charge in [0.2, 0.25) is 0 Å². The number of carbonyl (C=O) groups excluding carboxylic acids is 1. The Morgan fingerprint density at radius 1 is 1.33 bits per heavy atom. The minimum atomic E-state index is -0.180. The van der Waals surface area contributed by atoms with Crippen molar-refractivity contribution in [2.75, 3.05) is 0 Å². The predicted molar refractivity (Wildman–Crippen MR) is 75.0 cm³/mol. The summed E-state index contributed by atoms with van der Waals surface area (Å²) in [5.41, 5.74) is 3.79. The summed E-state index contributed by atoms with van der Waals surface area (Å²) in [6.07, 6.45) is 5.21. The molecular formula is C15H18N2O. The van der Waals surface area contributed by atoms with Crippen molar-refractivity contribution in [3.05, 3.63) is 60.1 Å². The van der Waals surface area contributed by atoms with Crippen LogP contribution in [0.15, 0.2) is 49.0 Å². The maximum Gasteiger partial charge on any atom is 0.256 e. The SMILES string of the molecule is C=C(C)NC(=O)c1ccncc1/C(=C/C)C(=C)C. The van der Waals surface area contributed by atoms with Crippen LogP contribution in [0, 0.1) is 0 Å². The van der Waals surface area contributed by atoms with Crippen molar-refractivity contribution in [2.24, 2.45) is 0 Å². The lowest BCUT2D eigenvalue weighted by molar-refractivity contribution is 0.0966. The summed E-state index contributed by atoms with van der Waals surface area (Å²) < 4.78 is 0. The Hall–Kier alpha value is -2.16. The van der Waals surface area contributed by atoms with Crippen molar-refractivity contribution in [3.63, 3.8) is 0 Å². The van der Waals surface area contributed by atoms with Crippen LogP contribution in [-0.4, -0.2) is 10.9 Å². The quantitative estimate of drug-likeness (QED) is 0.823. The Labute approximate surface area is 108 Å². The van der Waals surface area contributed by atoms with Crippen LogP contribution in [0.2, 0.25) is 0 Å². The minimum Gasteiger partial charge on any atom is -0.327 e. The van der Waals surface area contributed by atoms with E-state index in [9.17, 15) is 4.79 Å². The molecular weight excluding hydrogens is 224 g/mol. The third kappa shape index (κ3) is 3.17. The van der Waals surface area contributed by atoms with Crippen LogP contribution in [0.4, 0.5) is 0 Å². The summed E-state index contributed by atoms with van der Waals surface area (Å²) in [6.45, 7) is 13.2. The van der Waals surface area contributed by atoms with Gasteiger partial charge in [-0.25, -0.2) is 0 Å². The fourth-order valence-corrected chi connectivity index (χ4v) is 1.70.